The maximum absolute atomic E-state index is 13.1. The Hall–Kier alpha value is -2.76. The summed E-state index contributed by atoms with van der Waals surface area (Å²) in [6.07, 6.45) is 6.14. The van der Waals surface area contributed by atoms with Gasteiger partial charge in [0.2, 0.25) is 0 Å². The Kier molecular flexibility index (Phi) is 2.77. The summed E-state index contributed by atoms with van der Waals surface area (Å²) in [5, 5.41) is 0.583. The van der Waals surface area contributed by atoms with Gasteiger partial charge >= 0.3 is 0 Å². The Labute approximate surface area is 137 Å². The normalized spacial score (nSPS) is 15.9. The second kappa shape index (κ2) is 4.87. The summed E-state index contributed by atoms with van der Waals surface area (Å²) in [7, 11) is 1.89. The molecule has 120 valence electrons. The molecule has 3 heterocycles. The van der Waals surface area contributed by atoms with Crippen LogP contribution in [0, 0.1) is 0 Å². The van der Waals surface area contributed by atoms with Crippen molar-refractivity contribution in [2.24, 2.45) is 7.05 Å². The first-order chi connectivity index (χ1) is 11.7. The number of fused-ring (bicyclic) bond motifs is 4. The third-order valence-corrected chi connectivity index (χ3v) is 5.12. The summed E-state index contributed by atoms with van der Waals surface area (Å²) in [6.45, 7) is 0. The van der Waals surface area contributed by atoms with E-state index >= 15 is 0 Å². The molecule has 0 amide bonds. The van der Waals surface area contributed by atoms with Crippen molar-refractivity contribution in [1.82, 2.24) is 24.1 Å². The third-order valence-electron chi connectivity index (χ3n) is 5.12. The van der Waals surface area contributed by atoms with Crippen molar-refractivity contribution in [2.45, 2.75) is 31.7 Å². The molecule has 1 aliphatic carbocycles. The lowest BCUT2D eigenvalue weighted by Gasteiger charge is -2.12. The maximum Gasteiger partial charge on any atom is 0.265 e. The van der Waals surface area contributed by atoms with Gasteiger partial charge in [0.15, 0.2) is 11.3 Å². The van der Waals surface area contributed by atoms with Crippen LogP contribution in [0.5, 0.6) is 0 Å². The van der Waals surface area contributed by atoms with Crippen LogP contribution in [-0.4, -0.2) is 24.1 Å². The molecular formula is C18H17N5O. The number of aromatic nitrogens is 5. The van der Waals surface area contributed by atoms with E-state index in [2.05, 4.69) is 4.98 Å². The van der Waals surface area contributed by atoms with E-state index in [0.29, 0.717) is 22.2 Å². The molecule has 0 atom stereocenters. The molecule has 0 N–H and O–H groups in total. The van der Waals surface area contributed by atoms with Gasteiger partial charge in [0.05, 0.1) is 11.0 Å². The van der Waals surface area contributed by atoms with Crippen molar-refractivity contribution < 1.29 is 0 Å². The van der Waals surface area contributed by atoms with Crippen molar-refractivity contribution in [3.05, 3.63) is 40.9 Å². The van der Waals surface area contributed by atoms with Crippen molar-refractivity contribution in [2.75, 3.05) is 0 Å². The lowest BCUT2D eigenvalue weighted by atomic mass is 10.2. The van der Waals surface area contributed by atoms with Gasteiger partial charge in [-0.3, -0.25) is 9.36 Å². The van der Waals surface area contributed by atoms with E-state index in [9.17, 15) is 4.79 Å². The summed E-state index contributed by atoms with van der Waals surface area (Å²) in [4.78, 5) is 27.1. The molecule has 24 heavy (non-hydrogen) atoms. The van der Waals surface area contributed by atoms with Gasteiger partial charge in [-0.25, -0.2) is 15.0 Å². The highest BCUT2D eigenvalue weighted by molar-refractivity contribution is 6.04. The van der Waals surface area contributed by atoms with Crippen LogP contribution >= 0.6 is 0 Å². The fourth-order valence-corrected chi connectivity index (χ4v) is 3.86. The lowest BCUT2D eigenvalue weighted by Crippen LogP contribution is -2.23. The molecule has 1 aliphatic rings. The summed E-state index contributed by atoms with van der Waals surface area (Å²) < 4.78 is 3.66. The van der Waals surface area contributed by atoms with Crippen LogP contribution in [0.2, 0.25) is 0 Å². The van der Waals surface area contributed by atoms with Crippen molar-refractivity contribution in [3.63, 3.8) is 0 Å². The standard InChI is InChI=1S/C18H17N5O/c1-22-16-14(18(24)23(10-19-16)11-6-2-3-7-11)15-17(22)21-13-9-5-4-8-12(13)20-15/h4-5,8-11H,2-3,6-7H2,1H3. The molecule has 1 fully saturated rings. The molecule has 0 spiro atoms. The van der Waals surface area contributed by atoms with E-state index in [1.807, 2.05) is 35.9 Å². The Bertz CT molecular complexity index is 1150. The van der Waals surface area contributed by atoms with E-state index in [1.54, 1.807) is 10.9 Å². The highest BCUT2D eigenvalue weighted by Gasteiger charge is 2.22. The quantitative estimate of drug-likeness (QED) is 0.541. The fourth-order valence-electron chi connectivity index (χ4n) is 3.86. The Morgan fingerprint density at radius 2 is 1.75 bits per heavy atom. The highest BCUT2D eigenvalue weighted by Crippen LogP contribution is 2.29. The molecule has 0 radical (unpaired) electrons. The molecule has 3 aromatic heterocycles. The molecule has 0 unspecified atom stereocenters. The smallest absolute Gasteiger partial charge is 0.265 e. The van der Waals surface area contributed by atoms with Gasteiger partial charge in [0.25, 0.3) is 5.56 Å². The molecule has 6 heteroatoms. The molecule has 1 aromatic carbocycles. The van der Waals surface area contributed by atoms with Crippen molar-refractivity contribution in [1.29, 1.82) is 0 Å². The average Bonchev–Trinajstić information content (AvgIpc) is 3.22. The highest BCUT2D eigenvalue weighted by atomic mass is 16.1. The minimum atomic E-state index is 0.00193. The molecule has 0 saturated heterocycles. The van der Waals surface area contributed by atoms with E-state index < -0.39 is 0 Å². The molecule has 5 rings (SSSR count). The zero-order valence-corrected chi connectivity index (χ0v) is 13.4. The number of rotatable bonds is 1. The molecule has 6 nitrogen and oxygen atoms in total. The van der Waals surface area contributed by atoms with Gasteiger partial charge in [0, 0.05) is 13.1 Å². The number of nitrogens with zero attached hydrogens (tertiary/aromatic N) is 5. The van der Waals surface area contributed by atoms with Crippen LogP contribution in [0.4, 0.5) is 0 Å². The SMILES string of the molecule is Cn1c2nc3ccccc3nc2c2c(=O)n(C3CCCC3)cnc21. The Morgan fingerprint density at radius 3 is 2.50 bits per heavy atom. The zero-order chi connectivity index (χ0) is 16.3. The molecule has 0 bridgehead atoms. The first kappa shape index (κ1) is 13.7. The molecular weight excluding hydrogens is 302 g/mol. The summed E-state index contributed by atoms with van der Waals surface area (Å²) in [5.74, 6) is 0. The Morgan fingerprint density at radius 1 is 1.04 bits per heavy atom. The molecule has 0 aliphatic heterocycles. The van der Waals surface area contributed by atoms with Crippen molar-refractivity contribution in [3.8, 4) is 0 Å². The van der Waals surface area contributed by atoms with Crippen molar-refractivity contribution >= 4 is 33.2 Å². The largest absolute Gasteiger partial charge is 0.312 e. The van der Waals surface area contributed by atoms with Gasteiger partial charge in [-0.15, -0.1) is 0 Å². The minimum Gasteiger partial charge on any atom is -0.312 e. The second-order valence-corrected chi connectivity index (χ2v) is 6.54. The number of aryl methyl sites for hydroxylation is 1. The van der Waals surface area contributed by atoms with Gasteiger partial charge < -0.3 is 4.57 Å². The fraction of sp³-hybridized carbons (Fsp3) is 0.333. The predicted octanol–water partition coefficient (Wildman–Crippen LogP) is 2.95. The number of hydrogen-bond donors (Lipinski definition) is 0. The zero-order valence-electron chi connectivity index (χ0n) is 13.4. The van der Waals surface area contributed by atoms with E-state index in [4.69, 9.17) is 9.97 Å². The van der Waals surface area contributed by atoms with Gasteiger partial charge in [0.1, 0.15) is 17.2 Å². The first-order valence-electron chi connectivity index (χ1n) is 8.36. The summed E-state index contributed by atoms with van der Waals surface area (Å²) in [5.41, 5.74) is 3.63. The monoisotopic (exact) mass is 319 g/mol. The van der Waals surface area contributed by atoms with Crippen LogP contribution in [-0.2, 0) is 7.05 Å². The maximum atomic E-state index is 13.1. The summed E-state index contributed by atoms with van der Waals surface area (Å²) >= 11 is 0. The van der Waals surface area contributed by atoms with Crippen LogP contribution in [0.1, 0.15) is 31.7 Å². The van der Waals surface area contributed by atoms with Crippen LogP contribution in [0.25, 0.3) is 33.2 Å². The average molecular weight is 319 g/mol. The van der Waals surface area contributed by atoms with Gasteiger partial charge in [-0.2, -0.15) is 0 Å². The Balaban J connectivity index is 1.91. The van der Waals surface area contributed by atoms with Crippen LogP contribution < -0.4 is 5.56 Å². The van der Waals surface area contributed by atoms with Gasteiger partial charge in [-0.05, 0) is 25.0 Å². The predicted molar refractivity (Wildman–Crippen MR) is 93.1 cm³/mol. The first-order valence-corrected chi connectivity index (χ1v) is 8.36. The molecule has 4 aromatic rings. The summed E-state index contributed by atoms with van der Waals surface area (Å²) in [6, 6.07) is 7.99. The number of para-hydroxylation sites is 2. The second-order valence-electron chi connectivity index (χ2n) is 6.54. The lowest BCUT2D eigenvalue weighted by molar-refractivity contribution is 0.499. The topological polar surface area (TPSA) is 65.6 Å². The number of benzene rings is 1. The molecule has 1 saturated carbocycles. The van der Waals surface area contributed by atoms with E-state index in [-0.39, 0.29) is 11.6 Å². The van der Waals surface area contributed by atoms with E-state index in [1.165, 1.54) is 12.8 Å². The third kappa shape index (κ3) is 1.76. The van der Waals surface area contributed by atoms with E-state index in [0.717, 1.165) is 23.9 Å². The minimum absolute atomic E-state index is 0.00193. The number of hydrogen-bond acceptors (Lipinski definition) is 4. The van der Waals surface area contributed by atoms with Crippen LogP contribution in [0.3, 0.4) is 0 Å². The van der Waals surface area contributed by atoms with Gasteiger partial charge in [-0.1, -0.05) is 25.0 Å². The van der Waals surface area contributed by atoms with Crippen LogP contribution in [0.15, 0.2) is 35.4 Å².